The predicted octanol–water partition coefficient (Wildman–Crippen LogP) is 2.05. The van der Waals surface area contributed by atoms with E-state index in [1.54, 1.807) is 32.0 Å². The van der Waals surface area contributed by atoms with Crippen LogP contribution in [-0.2, 0) is 10.2 Å². The third-order valence-corrected chi connectivity index (χ3v) is 5.26. The summed E-state index contributed by atoms with van der Waals surface area (Å²) in [7, 11) is -2.01. The van der Waals surface area contributed by atoms with Crippen LogP contribution in [0.4, 0.5) is 11.4 Å². The first-order valence-electron chi connectivity index (χ1n) is 5.63. The second-order valence-corrected chi connectivity index (χ2v) is 6.64. The molecule has 0 bridgehead atoms. The molecule has 0 saturated carbocycles. The average Bonchev–Trinajstić information content (AvgIpc) is 2.29. The van der Waals surface area contributed by atoms with E-state index < -0.39 is 10.2 Å². The maximum Gasteiger partial charge on any atom is 0.303 e. The molecule has 7 heteroatoms. The number of rotatable bonds is 5. The third kappa shape index (κ3) is 2.96. The van der Waals surface area contributed by atoms with Crippen molar-refractivity contribution in [1.82, 2.24) is 4.31 Å². The molecule has 5 nitrogen and oxygen atoms in total. The van der Waals surface area contributed by atoms with Crippen molar-refractivity contribution in [3.05, 3.63) is 22.7 Å². The van der Waals surface area contributed by atoms with Gasteiger partial charge in [0.1, 0.15) is 0 Å². The molecule has 0 saturated heterocycles. The van der Waals surface area contributed by atoms with Crippen molar-refractivity contribution >= 4 is 37.5 Å². The highest BCUT2D eigenvalue weighted by Gasteiger charge is 2.25. The van der Waals surface area contributed by atoms with Crippen LogP contribution in [0.1, 0.15) is 13.8 Å². The third-order valence-electron chi connectivity index (χ3n) is 2.71. The first-order valence-corrected chi connectivity index (χ1v) is 7.82. The van der Waals surface area contributed by atoms with Gasteiger partial charge in [0.25, 0.3) is 0 Å². The molecule has 0 heterocycles. The van der Waals surface area contributed by atoms with E-state index in [9.17, 15) is 8.42 Å². The van der Waals surface area contributed by atoms with Crippen LogP contribution in [0.25, 0.3) is 0 Å². The number of nitrogens with zero attached hydrogens (tertiary/aromatic N) is 2. The minimum Gasteiger partial charge on any atom is -0.397 e. The maximum atomic E-state index is 12.3. The summed E-state index contributed by atoms with van der Waals surface area (Å²) in [4.78, 5) is 0. The fraction of sp³-hybridized carbons (Fsp3) is 0.455. The van der Waals surface area contributed by atoms with Gasteiger partial charge in [0, 0.05) is 24.6 Å². The van der Waals surface area contributed by atoms with E-state index in [1.807, 2.05) is 0 Å². The molecule has 1 rings (SSSR count). The summed E-state index contributed by atoms with van der Waals surface area (Å²) >= 11 is 3.29. The van der Waals surface area contributed by atoms with Gasteiger partial charge in [-0.1, -0.05) is 29.8 Å². The van der Waals surface area contributed by atoms with Gasteiger partial charge in [-0.25, -0.2) is 0 Å². The number of halogens is 1. The van der Waals surface area contributed by atoms with Gasteiger partial charge in [0.15, 0.2) is 0 Å². The molecule has 0 aliphatic carbocycles. The van der Waals surface area contributed by atoms with Gasteiger partial charge in [-0.2, -0.15) is 12.7 Å². The van der Waals surface area contributed by atoms with Crippen LogP contribution in [-0.4, -0.2) is 32.9 Å². The Morgan fingerprint density at radius 3 is 2.28 bits per heavy atom. The van der Waals surface area contributed by atoms with Gasteiger partial charge in [-0.05, 0) is 18.2 Å². The van der Waals surface area contributed by atoms with Crippen molar-refractivity contribution in [3.63, 3.8) is 0 Å². The highest BCUT2D eigenvalue weighted by molar-refractivity contribution is 9.10. The number of benzene rings is 1. The highest BCUT2D eigenvalue weighted by Crippen LogP contribution is 2.28. The minimum absolute atomic E-state index is 0.419. The SMILES string of the molecule is CCN(CC)S(=O)(=O)N(C)c1ccc(Br)cc1N. The van der Waals surface area contributed by atoms with Crippen LogP contribution >= 0.6 is 15.9 Å². The second-order valence-electron chi connectivity index (χ2n) is 3.76. The molecule has 0 atom stereocenters. The lowest BCUT2D eigenvalue weighted by Gasteiger charge is -2.27. The lowest BCUT2D eigenvalue weighted by atomic mass is 10.3. The van der Waals surface area contributed by atoms with E-state index >= 15 is 0 Å². The van der Waals surface area contributed by atoms with Gasteiger partial charge in [0.05, 0.1) is 11.4 Å². The number of nitrogens with two attached hydrogens (primary N) is 1. The van der Waals surface area contributed by atoms with Gasteiger partial charge in [0.2, 0.25) is 0 Å². The molecule has 18 heavy (non-hydrogen) atoms. The standard InChI is InChI=1S/C11H18BrN3O2S/c1-4-15(5-2)18(16,17)14(3)11-7-6-9(12)8-10(11)13/h6-8H,4-5,13H2,1-3H3. The fourth-order valence-electron chi connectivity index (χ4n) is 1.66. The Bertz CT molecular complexity index is 515. The zero-order valence-electron chi connectivity index (χ0n) is 10.7. The molecule has 2 N–H and O–H groups in total. The van der Waals surface area contributed by atoms with E-state index in [1.165, 1.54) is 15.7 Å². The molecular weight excluding hydrogens is 318 g/mol. The van der Waals surface area contributed by atoms with Gasteiger partial charge in [-0.3, -0.25) is 4.31 Å². The summed E-state index contributed by atoms with van der Waals surface area (Å²) in [6.07, 6.45) is 0. The molecule has 0 aliphatic heterocycles. The van der Waals surface area contributed by atoms with Crippen molar-refractivity contribution in [2.24, 2.45) is 0 Å². The lowest BCUT2D eigenvalue weighted by molar-refractivity contribution is 0.444. The number of hydrogen-bond acceptors (Lipinski definition) is 3. The zero-order valence-corrected chi connectivity index (χ0v) is 13.1. The quantitative estimate of drug-likeness (QED) is 0.837. The topological polar surface area (TPSA) is 66.6 Å². The summed E-state index contributed by atoms with van der Waals surface area (Å²) in [5, 5.41) is 0. The average molecular weight is 336 g/mol. The zero-order chi connectivity index (χ0) is 13.9. The second kappa shape index (κ2) is 5.90. The highest BCUT2D eigenvalue weighted by atomic mass is 79.9. The molecule has 0 fully saturated rings. The molecular formula is C11H18BrN3O2S. The summed E-state index contributed by atoms with van der Waals surface area (Å²) in [5.41, 5.74) is 6.74. The van der Waals surface area contributed by atoms with Crippen LogP contribution in [0.3, 0.4) is 0 Å². The van der Waals surface area contributed by atoms with Crippen molar-refractivity contribution in [1.29, 1.82) is 0 Å². The normalized spacial score (nSPS) is 11.8. The number of hydrogen-bond donors (Lipinski definition) is 1. The van der Waals surface area contributed by atoms with Crippen LogP contribution < -0.4 is 10.0 Å². The lowest BCUT2D eigenvalue weighted by Crippen LogP contribution is -2.42. The van der Waals surface area contributed by atoms with Crippen molar-refractivity contribution in [2.45, 2.75) is 13.8 Å². The summed E-state index contributed by atoms with van der Waals surface area (Å²) in [6, 6.07) is 5.13. The molecule has 1 aromatic carbocycles. The largest absolute Gasteiger partial charge is 0.397 e. The summed E-state index contributed by atoms with van der Waals surface area (Å²) in [5.74, 6) is 0. The van der Waals surface area contributed by atoms with Crippen LogP contribution in [0.5, 0.6) is 0 Å². The van der Waals surface area contributed by atoms with Crippen LogP contribution in [0, 0.1) is 0 Å². The van der Waals surface area contributed by atoms with Crippen LogP contribution in [0.2, 0.25) is 0 Å². The first kappa shape index (κ1) is 15.3. The van der Waals surface area contributed by atoms with E-state index in [0.717, 1.165) is 4.47 Å². The molecule has 0 radical (unpaired) electrons. The Hall–Kier alpha value is -0.790. The Balaban J connectivity index is 3.17. The van der Waals surface area contributed by atoms with E-state index in [0.29, 0.717) is 24.5 Å². The maximum absolute atomic E-state index is 12.3. The smallest absolute Gasteiger partial charge is 0.303 e. The molecule has 0 aliphatic rings. The Kier molecular flexibility index (Phi) is 5.01. The van der Waals surface area contributed by atoms with E-state index in [2.05, 4.69) is 15.9 Å². The molecule has 0 spiro atoms. The van der Waals surface area contributed by atoms with E-state index in [4.69, 9.17) is 5.73 Å². The molecule has 0 amide bonds. The van der Waals surface area contributed by atoms with E-state index in [-0.39, 0.29) is 0 Å². The fourth-order valence-corrected chi connectivity index (χ4v) is 3.45. The monoisotopic (exact) mass is 335 g/mol. The van der Waals surface area contributed by atoms with Gasteiger partial charge in [-0.15, -0.1) is 0 Å². The van der Waals surface area contributed by atoms with Crippen molar-refractivity contribution < 1.29 is 8.42 Å². The Labute approximate surface area is 117 Å². The number of nitrogen functional groups attached to an aromatic ring is 1. The Morgan fingerprint density at radius 1 is 1.28 bits per heavy atom. The van der Waals surface area contributed by atoms with Gasteiger partial charge >= 0.3 is 10.2 Å². The molecule has 102 valence electrons. The van der Waals surface area contributed by atoms with Crippen molar-refractivity contribution in [3.8, 4) is 0 Å². The Morgan fingerprint density at radius 2 is 1.83 bits per heavy atom. The number of anilines is 2. The van der Waals surface area contributed by atoms with Crippen LogP contribution in [0.15, 0.2) is 22.7 Å². The molecule has 0 aromatic heterocycles. The van der Waals surface area contributed by atoms with Crippen molar-refractivity contribution in [2.75, 3.05) is 30.2 Å². The summed E-state index contributed by atoms with van der Waals surface area (Å²) in [6.45, 7) is 4.47. The van der Waals surface area contributed by atoms with Gasteiger partial charge < -0.3 is 5.73 Å². The summed E-state index contributed by atoms with van der Waals surface area (Å²) < 4.78 is 28.0. The molecule has 1 aromatic rings. The molecule has 0 unspecified atom stereocenters. The first-order chi connectivity index (χ1) is 8.34. The predicted molar refractivity (Wildman–Crippen MR) is 78.8 cm³/mol. The minimum atomic E-state index is -3.52.